The third kappa shape index (κ3) is 2.67. The third-order valence-corrected chi connectivity index (χ3v) is 2.29. The molecule has 0 spiro atoms. The van der Waals surface area contributed by atoms with Crippen LogP contribution in [0.3, 0.4) is 0 Å². The summed E-state index contributed by atoms with van der Waals surface area (Å²) in [5, 5.41) is 11.6. The first-order chi connectivity index (χ1) is 6.15. The zero-order valence-corrected chi connectivity index (χ0v) is 8.81. The van der Waals surface area contributed by atoms with Crippen LogP contribution in [-0.4, -0.2) is 17.8 Å². The van der Waals surface area contributed by atoms with Gasteiger partial charge in [-0.2, -0.15) is 0 Å². The molecule has 1 unspecified atom stereocenters. The van der Waals surface area contributed by atoms with Gasteiger partial charge in [0.2, 0.25) is 0 Å². The van der Waals surface area contributed by atoms with Crippen molar-refractivity contribution in [2.75, 3.05) is 11.9 Å². The molecular weight excluding hydrogens is 237 g/mol. The Hall–Kier alpha value is -0.610. The van der Waals surface area contributed by atoms with E-state index in [9.17, 15) is 4.39 Å². The molecule has 2 N–H and O–H groups in total. The van der Waals surface area contributed by atoms with Crippen molar-refractivity contribution in [3.63, 3.8) is 0 Å². The van der Waals surface area contributed by atoms with E-state index in [4.69, 9.17) is 5.11 Å². The molecule has 1 aromatic rings. The Kier molecular flexibility index (Phi) is 3.69. The molecule has 0 heterocycles. The molecule has 0 bridgehead atoms. The molecular formula is C9H11BrFNO. The van der Waals surface area contributed by atoms with Gasteiger partial charge in [0.15, 0.2) is 0 Å². The first kappa shape index (κ1) is 10.5. The molecule has 0 saturated heterocycles. The van der Waals surface area contributed by atoms with Gasteiger partial charge in [-0.3, -0.25) is 0 Å². The van der Waals surface area contributed by atoms with Crippen LogP contribution in [0.1, 0.15) is 6.92 Å². The van der Waals surface area contributed by atoms with E-state index in [0.717, 1.165) is 0 Å². The van der Waals surface area contributed by atoms with Crippen molar-refractivity contribution in [3.8, 4) is 0 Å². The average molecular weight is 248 g/mol. The summed E-state index contributed by atoms with van der Waals surface area (Å²) in [6.07, 6.45) is 0. The van der Waals surface area contributed by atoms with Crippen LogP contribution >= 0.6 is 15.9 Å². The minimum Gasteiger partial charge on any atom is -0.394 e. The molecule has 13 heavy (non-hydrogen) atoms. The Bertz CT molecular complexity index is 273. The maximum Gasteiger partial charge on any atom is 0.147 e. The molecule has 2 nitrogen and oxygen atoms in total. The van der Waals surface area contributed by atoms with Crippen LogP contribution in [0.5, 0.6) is 0 Å². The first-order valence-electron chi connectivity index (χ1n) is 3.96. The van der Waals surface area contributed by atoms with Crippen molar-refractivity contribution in [3.05, 3.63) is 28.5 Å². The number of hydrogen-bond donors (Lipinski definition) is 2. The highest BCUT2D eigenvalue weighted by Crippen LogP contribution is 2.25. The highest BCUT2D eigenvalue weighted by molar-refractivity contribution is 9.10. The normalized spacial score (nSPS) is 12.6. The molecule has 0 amide bonds. The second-order valence-corrected chi connectivity index (χ2v) is 3.68. The number of benzene rings is 1. The predicted molar refractivity (Wildman–Crippen MR) is 54.3 cm³/mol. The fraction of sp³-hybridized carbons (Fsp3) is 0.333. The van der Waals surface area contributed by atoms with E-state index >= 15 is 0 Å². The molecule has 0 aliphatic carbocycles. The number of anilines is 1. The molecule has 0 aromatic heterocycles. The van der Waals surface area contributed by atoms with Crippen molar-refractivity contribution in [2.45, 2.75) is 13.0 Å². The summed E-state index contributed by atoms with van der Waals surface area (Å²) in [7, 11) is 0. The van der Waals surface area contributed by atoms with Gasteiger partial charge in [-0.1, -0.05) is 6.07 Å². The zero-order valence-electron chi connectivity index (χ0n) is 7.22. The summed E-state index contributed by atoms with van der Waals surface area (Å²) in [6, 6.07) is 4.58. The van der Waals surface area contributed by atoms with Gasteiger partial charge in [0.25, 0.3) is 0 Å². The Morgan fingerprint density at radius 3 is 2.85 bits per heavy atom. The van der Waals surface area contributed by atoms with E-state index in [1.54, 1.807) is 19.1 Å². The van der Waals surface area contributed by atoms with Crippen molar-refractivity contribution in [2.24, 2.45) is 0 Å². The Morgan fingerprint density at radius 2 is 2.31 bits per heavy atom. The van der Waals surface area contributed by atoms with E-state index in [1.807, 2.05) is 0 Å². The second kappa shape index (κ2) is 4.58. The van der Waals surface area contributed by atoms with Crippen LogP contribution in [0.15, 0.2) is 22.7 Å². The maximum atomic E-state index is 13.2. The van der Waals surface area contributed by atoms with Gasteiger partial charge in [-0.25, -0.2) is 4.39 Å². The largest absolute Gasteiger partial charge is 0.394 e. The highest BCUT2D eigenvalue weighted by atomic mass is 79.9. The van der Waals surface area contributed by atoms with Gasteiger partial charge in [-0.15, -0.1) is 0 Å². The van der Waals surface area contributed by atoms with E-state index in [2.05, 4.69) is 21.2 Å². The molecule has 0 aliphatic heterocycles. The number of nitrogens with one attached hydrogen (secondary N) is 1. The van der Waals surface area contributed by atoms with Crippen LogP contribution < -0.4 is 5.32 Å². The molecule has 72 valence electrons. The first-order valence-corrected chi connectivity index (χ1v) is 4.76. The van der Waals surface area contributed by atoms with Crippen LogP contribution in [-0.2, 0) is 0 Å². The van der Waals surface area contributed by atoms with Gasteiger partial charge in [0.1, 0.15) is 5.82 Å². The number of para-hydroxylation sites is 1. The van der Waals surface area contributed by atoms with Crippen LogP contribution in [0.2, 0.25) is 0 Å². The van der Waals surface area contributed by atoms with Crippen LogP contribution in [0.25, 0.3) is 0 Å². The molecule has 0 fully saturated rings. The Labute approximate surface area is 84.9 Å². The standard InChI is InChI=1S/C9H11BrFNO/c1-6(5-13)12-9-7(10)3-2-4-8(9)11/h2-4,6,12-13H,5H2,1H3. The predicted octanol–water partition coefficient (Wildman–Crippen LogP) is 2.38. The average Bonchev–Trinajstić information content (AvgIpc) is 2.11. The SMILES string of the molecule is CC(CO)Nc1c(F)cccc1Br. The summed E-state index contributed by atoms with van der Waals surface area (Å²) in [5.41, 5.74) is 0.393. The van der Waals surface area contributed by atoms with Gasteiger partial charge in [-0.05, 0) is 35.0 Å². The van der Waals surface area contributed by atoms with E-state index in [0.29, 0.717) is 10.2 Å². The molecule has 0 aliphatic rings. The van der Waals surface area contributed by atoms with E-state index < -0.39 is 0 Å². The second-order valence-electron chi connectivity index (χ2n) is 2.82. The number of hydrogen-bond acceptors (Lipinski definition) is 2. The lowest BCUT2D eigenvalue weighted by Gasteiger charge is -2.14. The zero-order chi connectivity index (χ0) is 9.84. The monoisotopic (exact) mass is 247 g/mol. The molecule has 0 saturated carbocycles. The Morgan fingerprint density at radius 1 is 1.62 bits per heavy atom. The summed E-state index contributed by atoms with van der Waals surface area (Å²) in [4.78, 5) is 0. The van der Waals surface area contributed by atoms with Gasteiger partial charge >= 0.3 is 0 Å². The van der Waals surface area contributed by atoms with Crippen molar-refractivity contribution in [1.29, 1.82) is 0 Å². The van der Waals surface area contributed by atoms with Crippen LogP contribution in [0, 0.1) is 5.82 Å². The lowest BCUT2D eigenvalue weighted by Crippen LogP contribution is -2.20. The lowest BCUT2D eigenvalue weighted by atomic mass is 10.2. The molecule has 1 atom stereocenters. The van der Waals surface area contributed by atoms with Crippen molar-refractivity contribution < 1.29 is 9.50 Å². The smallest absolute Gasteiger partial charge is 0.147 e. The summed E-state index contributed by atoms with van der Waals surface area (Å²) in [5.74, 6) is -0.324. The van der Waals surface area contributed by atoms with Crippen LogP contribution in [0.4, 0.5) is 10.1 Å². The highest BCUT2D eigenvalue weighted by Gasteiger charge is 2.08. The minimum atomic E-state index is -0.324. The minimum absolute atomic E-state index is 0.0270. The topological polar surface area (TPSA) is 32.3 Å². The number of halogens is 2. The van der Waals surface area contributed by atoms with E-state index in [1.165, 1.54) is 6.07 Å². The van der Waals surface area contributed by atoms with Gasteiger partial charge < -0.3 is 10.4 Å². The van der Waals surface area contributed by atoms with Crippen molar-refractivity contribution in [1.82, 2.24) is 0 Å². The molecule has 4 heteroatoms. The third-order valence-electron chi connectivity index (χ3n) is 1.63. The molecule has 1 aromatic carbocycles. The van der Waals surface area contributed by atoms with Crippen molar-refractivity contribution >= 4 is 21.6 Å². The quantitative estimate of drug-likeness (QED) is 0.860. The fourth-order valence-electron chi connectivity index (χ4n) is 0.928. The summed E-state index contributed by atoms with van der Waals surface area (Å²) >= 11 is 3.22. The molecule has 1 rings (SSSR count). The lowest BCUT2D eigenvalue weighted by molar-refractivity contribution is 0.281. The molecule has 0 radical (unpaired) electrons. The summed E-state index contributed by atoms with van der Waals surface area (Å²) in [6.45, 7) is 1.75. The number of aliphatic hydroxyl groups excluding tert-OH is 1. The van der Waals surface area contributed by atoms with Gasteiger partial charge in [0.05, 0.1) is 12.3 Å². The fourth-order valence-corrected chi connectivity index (χ4v) is 1.38. The van der Waals surface area contributed by atoms with Gasteiger partial charge in [0, 0.05) is 10.5 Å². The number of rotatable bonds is 3. The number of aliphatic hydroxyl groups is 1. The van der Waals surface area contributed by atoms with E-state index in [-0.39, 0.29) is 18.5 Å². The Balaban J connectivity index is 2.87. The maximum absolute atomic E-state index is 13.2. The summed E-state index contributed by atoms with van der Waals surface area (Å²) < 4.78 is 13.8.